The van der Waals surface area contributed by atoms with E-state index in [1.807, 2.05) is 37.3 Å². The van der Waals surface area contributed by atoms with Gasteiger partial charge in [0.1, 0.15) is 0 Å². The predicted octanol–water partition coefficient (Wildman–Crippen LogP) is 7.02. The van der Waals surface area contributed by atoms with Gasteiger partial charge in [0.05, 0.1) is 25.1 Å². The number of fused-ring (bicyclic) bond motifs is 2. The summed E-state index contributed by atoms with van der Waals surface area (Å²) >= 11 is 0. The molecule has 0 saturated heterocycles. The topological polar surface area (TPSA) is 46.6 Å². The Morgan fingerprint density at radius 2 is 1.86 bits per heavy atom. The maximum Gasteiger partial charge on any atom is 0.416 e. The highest BCUT2D eigenvalue weighted by molar-refractivity contribution is 6.10. The van der Waals surface area contributed by atoms with Gasteiger partial charge in [0.25, 0.3) is 5.91 Å². The number of benzene rings is 3. The van der Waals surface area contributed by atoms with Crippen LogP contribution in [0.1, 0.15) is 69.4 Å². The van der Waals surface area contributed by atoms with Crippen LogP contribution >= 0.6 is 0 Å². The Labute approximate surface area is 213 Å². The summed E-state index contributed by atoms with van der Waals surface area (Å²) in [4.78, 5) is 26.4. The summed E-state index contributed by atoms with van der Waals surface area (Å²) in [7, 11) is 0. The van der Waals surface area contributed by atoms with Crippen LogP contribution in [0, 0.1) is 0 Å². The van der Waals surface area contributed by atoms with E-state index in [1.54, 1.807) is 6.07 Å². The fraction of sp³-hybridized carbons (Fsp3) is 0.267. The molecule has 1 amide bonds. The number of carbonyl (C=O) groups is 2. The highest BCUT2D eigenvalue weighted by Crippen LogP contribution is 2.37. The summed E-state index contributed by atoms with van der Waals surface area (Å²) in [6, 6.07) is 16.4. The molecule has 1 unspecified atom stereocenters. The van der Waals surface area contributed by atoms with Gasteiger partial charge in [-0.15, -0.1) is 0 Å². The van der Waals surface area contributed by atoms with Crippen LogP contribution in [-0.2, 0) is 28.7 Å². The Morgan fingerprint density at radius 1 is 1.08 bits per heavy atom. The molecule has 4 nitrogen and oxygen atoms in total. The standard InChI is InChI=1S/C30H26F3NO3/c1-2-37-28(35)17-22-10-9-21-16-19(7-15-25(21)22)6-8-20-4-3-5-26-27(20)18-34(29(26)36)24-13-11-23(12-14-24)30(31,32)33/h3-8,11-16,22H,2,9-10,17-18H2,1H3/b8-6+. The number of hydrogen-bond acceptors (Lipinski definition) is 3. The third-order valence-corrected chi connectivity index (χ3v) is 7.05. The molecule has 37 heavy (non-hydrogen) atoms. The van der Waals surface area contributed by atoms with Crippen molar-refractivity contribution < 1.29 is 27.5 Å². The summed E-state index contributed by atoms with van der Waals surface area (Å²) in [5.41, 5.74) is 5.43. The number of nitrogens with zero attached hydrogens (tertiary/aromatic N) is 1. The Kier molecular flexibility index (Phi) is 6.63. The molecule has 1 aliphatic heterocycles. The van der Waals surface area contributed by atoms with Crippen LogP contribution in [0.3, 0.4) is 0 Å². The van der Waals surface area contributed by atoms with Crippen molar-refractivity contribution >= 4 is 29.7 Å². The maximum absolute atomic E-state index is 13.0. The van der Waals surface area contributed by atoms with E-state index in [4.69, 9.17) is 4.74 Å². The molecule has 0 bridgehead atoms. The molecule has 3 aromatic carbocycles. The number of esters is 1. The van der Waals surface area contributed by atoms with Gasteiger partial charge >= 0.3 is 12.1 Å². The summed E-state index contributed by atoms with van der Waals surface area (Å²) in [6.45, 7) is 2.49. The van der Waals surface area contributed by atoms with E-state index < -0.39 is 11.7 Å². The highest BCUT2D eigenvalue weighted by Gasteiger charge is 2.33. The van der Waals surface area contributed by atoms with E-state index in [1.165, 1.54) is 28.2 Å². The summed E-state index contributed by atoms with van der Waals surface area (Å²) in [6.07, 6.45) is 1.78. The lowest BCUT2D eigenvalue weighted by Gasteiger charge is -2.17. The fourth-order valence-corrected chi connectivity index (χ4v) is 5.20. The molecule has 5 rings (SSSR count). The molecule has 1 aliphatic carbocycles. The van der Waals surface area contributed by atoms with Crippen LogP contribution in [0.15, 0.2) is 60.7 Å². The molecule has 1 heterocycles. The summed E-state index contributed by atoms with van der Waals surface area (Å²) in [5, 5.41) is 0. The van der Waals surface area contributed by atoms with Crippen molar-refractivity contribution in [3.05, 3.63) is 99.6 Å². The van der Waals surface area contributed by atoms with Gasteiger partial charge in [-0.1, -0.05) is 42.5 Å². The number of hydrogen-bond donors (Lipinski definition) is 0. The molecule has 0 saturated carbocycles. The lowest BCUT2D eigenvalue weighted by Crippen LogP contribution is -2.23. The number of rotatable bonds is 6. The number of amides is 1. The van der Waals surface area contributed by atoms with Gasteiger partial charge in [0, 0.05) is 11.3 Å². The van der Waals surface area contributed by atoms with Crippen molar-refractivity contribution in [3.8, 4) is 0 Å². The van der Waals surface area contributed by atoms with Gasteiger partial charge in [-0.2, -0.15) is 13.2 Å². The number of aryl methyl sites for hydroxylation is 1. The Balaban J connectivity index is 1.33. The van der Waals surface area contributed by atoms with Crippen molar-refractivity contribution in [2.45, 2.75) is 44.8 Å². The molecule has 0 radical (unpaired) electrons. The van der Waals surface area contributed by atoms with Crippen molar-refractivity contribution in [1.29, 1.82) is 0 Å². The van der Waals surface area contributed by atoms with Gasteiger partial charge in [-0.3, -0.25) is 9.59 Å². The largest absolute Gasteiger partial charge is 0.466 e. The van der Waals surface area contributed by atoms with E-state index in [0.29, 0.717) is 30.8 Å². The zero-order valence-corrected chi connectivity index (χ0v) is 20.3. The molecule has 3 aromatic rings. The van der Waals surface area contributed by atoms with E-state index in [0.717, 1.165) is 41.7 Å². The van der Waals surface area contributed by atoms with E-state index >= 15 is 0 Å². The number of halogens is 3. The predicted molar refractivity (Wildman–Crippen MR) is 136 cm³/mol. The monoisotopic (exact) mass is 505 g/mol. The lowest BCUT2D eigenvalue weighted by molar-refractivity contribution is -0.143. The summed E-state index contributed by atoms with van der Waals surface area (Å²) < 4.78 is 43.9. The van der Waals surface area contributed by atoms with Crippen molar-refractivity contribution in [3.63, 3.8) is 0 Å². The Bertz CT molecular complexity index is 1380. The van der Waals surface area contributed by atoms with Gasteiger partial charge in [0.15, 0.2) is 0 Å². The second kappa shape index (κ2) is 9.88. The minimum Gasteiger partial charge on any atom is -0.466 e. The van der Waals surface area contributed by atoms with Crippen LogP contribution < -0.4 is 4.90 Å². The van der Waals surface area contributed by atoms with Crippen LogP contribution in [0.4, 0.5) is 18.9 Å². The van der Waals surface area contributed by atoms with Crippen LogP contribution in [0.5, 0.6) is 0 Å². The quantitative estimate of drug-likeness (QED) is 0.267. The Morgan fingerprint density at radius 3 is 2.59 bits per heavy atom. The van der Waals surface area contributed by atoms with E-state index in [9.17, 15) is 22.8 Å². The number of ether oxygens (including phenoxy) is 1. The number of alkyl halides is 3. The van der Waals surface area contributed by atoms with Gasteiger partial charge < -0.3 is 9.64 Å². The zero-order chi connectivity index (χ0) is 26.2. The van der Waals surface area contributed by atoms with Gasteiger partial charge in [-0.05, 0) is 83.8 Å². The molecular formula is C30H26F3NO3. The van der Waals surface area contributed by atoms with Gasteiger partial charge in [-0.25, -0.2) is 0 Å². The van der Waals surface area contributed by atoms with Crippen molar-refractivity contribution in [2.24, 2.45) is 0 Å². The summed E-state index contributed by atoms with van der Waals surface area (Å²) in [5.74, 6) is -0.205. The second-order valence-electron chi connectivity index (χ2n) is 9.35. The van der Waals surface area contributed by atoms with Crippen molar-refractivity contribution in [2.75, 3.05) is 11.5 Å². The minimum absolute atomic E-state index is 0.165. The number of carbonyl (C=O) groups excluding carboxylic acids is 2. The molecule has 1 atom stereocenters. The molecular weight excluding hydrogens is 479 g/mol. The van der Waals surface area contributed by atoms with Crippen LogP contribution in [0.25, 0.3) is 12.2 Å². The third-order valence-electron chi connectivity index (χ3n) is 7.05. The normalized spacial score (nSPS) is 16.8. The number of anilines is 1. The average molecular weight is 506 g/mol. The molecule has 0 aromatic heterocycles. The zero-order valence-electron chi connectivity index (χ0n) is 20.3. The van der Waals surface area contributed by atoms with E-state index in [2.05, 4.69) is 12.1 Å². The first-order valence-electron chi connectivity index (χ1n) is 12.3. The Hall–Kier alpha value is -3.87. The molecule has 2 aliphatic rings. The fourth-order valence-electron chi connectivity index (χ4n) is 5.20. The van der Waals surface area contributed by atoms with E-state index in [-0.39, 0.29) is 17.8 Å². The maximum atomic E-state index is 13.0. The van der Waals surface area contributed by atoms with Gasteiger partial charge in [0.2, 0.25) is 0 Å². The molecule has 0 fully saturated rings. The van der Waals surface area contributed by atoms with Crippen LogP contribution in [-0.4, -0.2) is 18.5 Å². The second-order valence-corrected chi connectivity index (χ2v) is 9.35. The third kappa shape index (κ3) is 5.03. The first-order valence-corrected chi connectivity index (χ1v) is 12.3. The first-order chi connectivity index (χ1) is 17.7. The lowest BCUT2D eigenvalue weighted by atomic mass is 9.96. The minimum atomic E-state index is -4.42. The smallest absolute Gasteiger partial charge is 0.416 e. The van der Waals surface area contributed by atoms with Crippen molar-refractivity contribution in [1.82, 2.24) is 0 Å². The SMILES string of the molecule is CCOC(=O)CC1CCc2cc(/C=C/c3cccc4c3CN(c3ccc(C(F)(F)F)cc3)C4=O)ccc21. The molecule has 0 N–H and O–H groups in total. The first kappa shape index (κ1) is 24.8. The molecule has 7 heteroatoms. The molecule has 0 spiro atoms. The molecule has 190 valence electrons. The average Bonchev–Trinajstić information content (AvgIpc) is 3.43. The highest BCUT2D eigenvalue weighted by atomic mass is 19.4. The van der Waals surface area contributed by atoms with Crippen LogP contribution in [0.2, 0.25) is 0 Å².